The van der Waals surface area contributed by atoms with Gasteiger partial charge in [-0.2, -0.15) is 0 Å². The molecular formula is C14H12N6O. The maximum Gasteiger partial charge on any atom is 0.269 e. The number of nitrogen functional groups attached to an aromatic ring is 1. The number of benzene rings is 1. The van der Waals surface area contributed by atoms with E-state index in [1.807, 2.05) is 30.3 Å². The van der Waals surface area contributed by atoms with Crippen molar-refractivity contribution in [3.05, 3.63) is 48.3 Å². The largest absolute Gasteiger partial charge is 0.383 e. The van der Waals surface area contributed by atoms with E-state index >= 15 is 0 Å². The van der Waals surface area contributed by atoms with Crippen LogP contribution in [-0.4, -0.2) is 20.9 Å². The number of aromatic nitrogens is 3. The predicted molar refractivity (Wildman–Crippen MR) is 78.0 cm³/mol. The van der Waals surface area contributed by atoms with E-state index in [-0.39, 0.29) is 12.3 Å². The zero-order chi connectivity index (χ0) is 14.7. The number of H-pyrrole nitrogens is 1. The fourth-order valence-electron chi connectivity index (χ4n) is 1.94. The van der Waals surface area contributed by atoms with Gasteiger partial charge in [0.05, 0.1) is 6.42 Å². The SMILES string of the molecule is Nc1[nH]c(N=NC(=O)Cc2ccccc2)c2nccnc12. The first-order valence-corrected chi connectivity index (χ1v) is 6.30. The fourth-order valence-corrected chi connectivity index (χ4v) is 1.94. The lowest BCUT2D eigenvalue weighted by molar-refractivity contribution is -0.117. The van der Waals surface area contributed by atoms with Crippen LogP contribution in [0.5, 0.6) is 0 Å². The van der Waals surface area contributed by atoms with Gasteiger partial charge in [0, 0.05) is 12.4 Å². The average molecular weight is 280 g/mol. The van der Waals surface area contributed by atoms with Gasteiger partial charge in [0.1, 0.15) is 16.9 Å². The van der Waals surface area contributed by atoms with E-state index in [4.69, 9.17) is 5.73 Å². The molecule has 0 atom stereocenters. The molecule has 0 bridgehead atoms. The number of aromatic amines is 1. The van der Waals surface area contributed by atoms with Gasteiger partial charge in [0.2, 0.25) is 0 Å². The van der Waals surface area contributed by atoms with E-state index in [0.717, 1.165) is 5.56 Å². The zero-order valence-corrected chi connectivity index (χ0v) is 11.0. The van der Waals surface area contributed by atoms with Gasteiger partial charge in [-0.1, -0.05) is 30.3 Å². The second kappa shape index (κ2) is 5.49. The topological polar surface area (TPSA) is 109 Å². The fraction of sp³-hybridized carbons (Fsp3) is 0.0714. The van der Waals surface area contributed by atoms with Crippen LogP contribution in [0.1, 0.15) is 5.56 Å². The lowest BCUT2D eigenvalue weighted by Gasteiger charge is -1.94. The summed E-state index contributed by atoms with van der Waals surface area (Å²) in [5, 5.41) is 7.57. The molecule has 0 spiro atoms. The molecule has 2 heterocycles. The van der Waals surface area contributed by atoms with E-state index in [1.165, 1.54) is 12.4 Å². The van der Waals surface area contributed by atoms with Crippen molar-refractivity contribution < 1.29 is 4.79 Å². The molecule has 1 aromatic carbocycles. The molecule has 104 valence electrons. The minimum Gasteiger partial charge on any atom is -0.383 e. The van der Waals surface area contributed by atoms with Crippen LogP contribution in [-0.2, 0) is 11.2 Å². The Labute approximate surface area is 119 Å². The van der Waals surface area contributed by atoms with E-state index in [9.17, 15) is 4.79 Å². The Balaban J connectivity index is 1.80. The van der Waals surface area contributed by atoms with Crippen molar-refractivity contribution in [1.82, 2.24) is 15.0 Å². The number of carbonyl (C=O) groups is 1. The standard InChI is InChI=1S/C14H12N6O/c15-13-11-12(17-7-6-16-11)14(18-13)20-19-10(21)8-9-4-2-1-3-5-9/h1-7,18H,8,15H2. The van der Waals surface area contributed by atoms with Gasteiger partial charge < -0.3 is 10.7 Å². The number of nitrogens with two attached hydrogens (primary N) is 1. The Morgan fingerprint density at radius 2 is 1.86 bits per heavy atom. The quantitative estimate of drug-likeness (QED) is 0.718. The van der Waals surface area contributed by atoms with Crippen LogP contribution in [0.15, 0.2) is 53.0 Å². The molecule has 3 rings (SSSR count). The van der Waals surface area contributed by atoms with Crippen molar-refractivity contribution in [1.29, 1.82) is 0 Å². The molecule has 21 heavy (non-hydrogen) atoms. The van der Waals surface area contributed by atoms with Crippen molar-refractivity contribution in [2.45, 2.75) is 6.42 Å². The summed E-state index contributed by atoms with van der Waals surface area (Å²) in [6.45, 7) is 0. The summed E-state index contributed by atoms with van der Waals surface area (Å²) >= 11 is 0. The van der Waals surface area contributed by atoms with Gasteiger partial charge in [-0.05, 0) is 5.56 Å². The molecule has 0 radical (unpaired) electrons. The normalized spacial score (nSPS) is 11.2. The highest BCUT2D eigenvalue weighted by Gasteiger charge is 2.10. The number of anilines is 1. The van der Waals surface area contributed by atoms with Crippen molar-refractivity contribution in [2.75, 3.05) is 5.73 Å². The van der Waals surface area contributed by atoms with Crippen LogP contribution in [0.25, 0.3) is 11.0 Å². The summed E-state index contributed by atoms with van der Waals surface area (Å²) in [5.41, 5.74) is 7.66. The van der Waals surface area contributed by atoms with Gasteiger partial charge in [-0.25, -0.2) is 9.97 Å². The number of nitrogens with zero attached hydrogens (tertiary/aromatic N) is 4. The first-order valence-electron chi connectivity index (χ1n) is 6.30. The summed E-state index contributed by atoms with van der Waals surface area (Å²) in [7, 11) is 0. The van der Waals surface area contributed by atoms with E-state index in [2.05, 4.69) is 25.2 Å². The number of fused-ring (bicyclic) bond motifs is 1. The van der Waals surface area contributed by atoms with Crippen LogP contribution >= 0.6 is 0 Å². The lowest BCUT2D eigenvalue weighted by Crippen LogP contribution is -1.97. The van der Waals surface area contributed by atoms with Crippen LogP contribution in [0, 0.1) is 0 Å². The number of carbonyl (C=O) groups excluding carboxylic acids is 1. The van der Waals surface area contributed by atoms with Crippen LogP contribution < -0.4 is 5.73 Å². The second-order valence-corrected chi connectivity index (χ2v) is 4.40. The first kappa shape index (κ1) is 12.9. The highest BCUT2D eigenvalue weighted by atomic mass is 16.1. The van der Waals surface area contributed by atoms with Crippen LogP contribution in [0.3, 0.4) is 0 Å². The van der Waals surface area contributed by atoms with Crippen molar-refractivity contribution in [2.24, 2.45) is 10.2 Å². The third kappa shape index (κ3) is 2.76. The van der Waals surface area contributed by atoms with Gasteiger partial charge in [0.25, 0.3) is 5.91 Å². The Kier molecular flexibility index (Phi) is 3.38. The summed E-state index contributed by atoms with van der Waals surface area (Å²) in [6, 6.07) is 9.35. The molecule has 0 aliphatic heterocycles. The van der Waals surface area contributed by atoms with Gasteiger partial charge in [0.15, 0.2) is 5.82 Å². The summed E-state index contributed by atoms with van der Waals surface area (Å²) in [6.07, 6.45) is 3.26. The number of hydrogen-bond acceptors (Lipinski definition) is 5. The molecule has 0 aliphatic rings. The summed E-state index contributed by atoms with van der Waals surface area (Å²) in [4.78, 5) is 22.8. The third-order valence-electron chi connectivity index (χ3n) is 2.89. The Morgan fingerprint density at radius 3 is 2.62 bits per heavy atom. The van der Waals surface area contributed by atoms with Crippen LogP contribution in [0.2, 0.25) is 0 Å². The number of hydrogen-bond donors (Lipinski definition) is 2. The number of azo groups is 1. The van der Waals surface area contributed by atoms with Crippen molar-refractivity contribution in [3.63, 3.8) is 0 Å². The molecule has 7 heteroatoms. The van der Waals surface area contributed by atoms with Gasteiger partial charge >= 0.3 is 0 Å². The molecule has 3 aromatic rings. The van der Waals surface area contributed by atoms with Crippen molar-refractivity contribution >= 4 is 28.6 Å². The van der Waals surface area contributed by atoms with Crippen LogP contribution in [0.4, 0.5) is 11.6 Å². The summed E-state index contributed by atoms with van der Waals surface area (Å²) in [5.74, 6) is 0.339. The maximum absolute atomic E-state index is 11.8. The molecular weight excluding hydrogens is 268 g/mol. The molecule has 0 saturated heterocycles. The maximum atomic E-state index is 11.8. The number of rotatable bonds is 3. The van der Waals surface area contributed by atoms with E-state index in [0.29, 0.717) is 22.7 Å². The monoisotopic (exact) mass is 280 g/mol. The third-order valence-corrected chi connectivity index (χ3v) is 2.89. The molecule has 3 N–H and O–H groups in total. The van der Waals surface area contributed by atoms with E-state index in [1.54, 1.807) is 0 Å². The number of amides is 1. The smallest absolute Gasteiger partial charge is 0.269 e. The number of nitrogens with one attached hydrogen (secondary N) is 1. The molecule has 7 nitrogen and oxygen atoms in total. The summed E-state index contributed by atoms with van der Waals surface area (Å²) < 4.78 is 0. The molecule has 0 unspecified atom stereocenters. The average Bonchev–Trinajstić information content (AvgIpc) is 2.83. The van der Waals surface area contributed by atoms with E-state index < -0.39 is 0 Å². The Morgan fingerprint density at radius 1 is 1.14 bits per heavy atom. The van der Waals surface area contributed by atoms with Gasteiger partial charge in [-0.3, -0.25) is 4.79 Å². The zero-order valence-electron chi connectivity index (χ0n) is 11.0. The second-order valence-electron chi connectivity index (χ2n) is 4.40. The molecule has 1 amide bonds. The Bertz CT molecular complexity index is 809. The molecule has 2 aromatic heterocycles. The lowest BCUT2D eigenvalue weighted by atomic mass is 10.1. The molecule has 0 fully saturated rings. The minimum atomic E-state index is -0.341. The highest BCUT2D eigenvalue weighted by Crippen LogP contribution is 2.26. The Hall–Kier alpha value is -3.09. The molecule has 0 saturated carbocycles. The molecule has 0 aliphatic carbocycles. The first-order chi connectivity index (χ1) is 10.2. The minimum absolute atomic E-state index is 0.199. The van der Waals surface area contributed by atoms with Crippen molar-refractivity contribution in [3.8, 4) is 0 Å². The highest BCUT2D eigenvalue weighted by molar-refractivity contribution is 5.93. The predicted octanol–water partition coefficient (Wildman–Crippen LogP) is 2.39. The van der Waals surface area contributed by atoms with Gasteiger partial charge in [-0.15, -0.1) is 10.2 Å².